The van der Waals surface area contributed by atoms with E-state index in [0.29, 0.717) is 11.7 Å². The van der Waals surface area contributed by atoms with Crippen molar-refractivity contribution in [3.05, 3.63) is 39.4 Å². The smallest absolute Gasteiger partial charge is 0.333 e. The van der Waals surface area contributed by atoms with Crippen molar-refractivity contribution in [2.75, 3.05) is 21.3 Å². The maximum Gasteiger partial charge on any atom is 0.333 e. The van der Waals surface area contributed by atoms with E-state index in [9.17, 15) is 4.79 Å². The van der Waals surface area contributed by atoms with Gasteiger partial charge in [-0.15, -0.1) is 22.7 Å². The van der Waals surface area contributed by atoms with E-state index in [2.05, 4.69) is 28.6 Å². The molecule has 0 amide bonds. The van der Waals surface area contributed by atoms with Gasteiger partial charge in [0.05, 0.1) is 37.1 Å². The Morgan fingerprint density at radius 1 is 1.07 bits per heavy atom. The van der Waals surface area contributed by atoms with E-state index in [1.807, 2.05) is 29.8 Å². The molecule has 2 aromatic rings. The lowest BCUT2D eigenvalue weighted by Gasteiger charge is -2.21. The van der Waals surface area contributed by atoms with Crippen LogP contribution in [0.5, 0.6) is 0 Å². The van der Waals surface area contributed by atoms with Gasteiger partial charge in [-0.1, -0.05) is 26.8 Å². The van der Waals surface area contributed by atoms with Gasteiger partial charge in [0, 0.05) is 29.7 Å². The number of esters is 1. The van der Waals surface area contributed by atoms with E-state index in [1.54, 1.807) is 29.8 Å². The highest BCUT2D eigenvalue weighted by atomic mass is 32.1. The van der Waals surface area contributed by atoms with Crippen molar-refractivity contribution in [2.24, 2.45) is 5.92 Å². The maximum absolute atomic E-state index is 11.5. The lowest BCUT2D eigenvalue weighted by Crippen LogP contribution is -2.21. The van der Waals surface area contributed by atoms with Gasteiger partial charge in [-0.05, 0) is 6.08 Å². The van der Waals surface area contributed by atoms with Crippen molar-refractivity contribution in [1.29, 1.82) is 0 Å². The number of carbonyl (C=O) groups is 1. The molecule has 2 rings (SSSR count). The van der Waals surface area contributed by atoms with Gasteiger partial charge in [-0.25, -0.2) is 14.8 Å². The number of hydrogen-bond donors (Lipinski definition) is 0. The van der Waals surface area contributed by atoms with Crippen LogP contribution in [-0.2, 0) is 19.0 Å². The first kappa shape index (κ1) is 22.3. The van der Waals surface area contributed by atoms with E-state index in [4.69, 9.17) is 9.47 Å². The molecule has 8 heteroatoms. The average molecular weight is 423 g/mol. The molecule has 0 aliphatic carbocycles. The molecule has 6 nitrogen and oxygen atoms in total. The second-order valence-electron chi connectivity index (χ2n) is 6.43. The third-order valence-electron chi connectivity index (χ3n) is 4.12. The fraction of sp³-hybridized carbons (Fsp3) is 0.450. The summed E-state index contributed by atoms with van der Waals surface area (Å²) in [6, 6.07) is 0. The maximum atomic E-state index is 11.5. The molecule has 0 fully saturated rings. The summed E-state index contributed by atoms with van der Waals surface area (Å²) in [5.41, 5.74) is 1.75. The Kier molecular flexibility index (Phi) is 8.35. The molecule has 0 aliphatic rings. The topological polar surface area (TPSA) is 70.5 Å². The molecule has 152 valence electrons. The average Bonchev–Trinajstić information content (AvgIpc) is 3.35. The van der Waals surface area contributed by atoms with Crippen LogP contribution in [0.4, 0.5) is 0 Å². The van der Waals surface area contributed by atoms with Gasteiger partial charge in [-0.3, -0.25) is 0 Å². The van der Waals surface area contributed by atoms with Gasteiger partial charge in [-0.2, -0.15) is 0 Å². The van der Waals surface area contributed by atoms with Crippen molar-refractivity contribution >= 4 is 34.7 Å². The monoisotopic (exact) mass is 422 g/mol. The van der Waals surface area contributed by atoms with Gasteiger partial charge >= 0.3 is 5.97 Å². The van der Waals surface area contributed by atoms with Crippen LogP contribution in [0.2, 0.25) is 0 Å². The fourth-order valence-electron chi connectivity index (χ4n) is 2.49. The van der Waals surface area contributed by atoms with Gasteiger partial charge in [0.2, 0.25) is 0 Å². The Bertz CT molecular complexity index is 839. The Hall–Kier alpha value is -2.03. The third kappa shape index (κ3) is 5.73. The van der Waals surface area contributed by atoms with Crippen LogP contribution in [0.1, 0.15) is 37.4 Å². The summed E-state index contributed by atoms with van der Waals surface area (Å²) in [5.74, 6) is 0.271. The zero-order valence-electron chi connectivity index (χ0n) is 17.0. The van der Waals surface area contributed by atoms with E-state index < -0.39 is 5.97 Å². The molecule has 0 radical (unpaired) electrons. The number of thiazole rings is 2. The number of aromatic nitrogens is 2. The van der Waals surface area contributed by atoms with Crippen molar-refractivity contribution in [3.63, 3.8) is 0 Å². The van der Waals surface area contributed by atoms with Gasteiger partial charge in [0.25, 0.3) is 0 Å². The first-order chi connectivity index (χ1) is 13.4. The number of hydrogen-bond acceptors (Lipinski definition) is 8. The number of carbonyl (C=O) groups excluding carboxylic acids is 1. The molecule has 28 heavy (non-hydrogen) atoms. The summed E-state index contributed by atoms with van der Waals surface area (Å²) in [6.07, 6.45) is 4.87. The normalized spacial score (nSPS) is 14.5. The highest BCUT2D eigenvalue weighted by Crippen LogP contribution is 2.29. The SMILES string of the molecule is COC(=O)/C=C(/OC)[C@H](C)[C@H](/C=C/c1csc(-c2csc(C(C)C)n2)n1)OC. The van der Waals surface area contributed by atoms with Crippen LogP contribution in [0.25, 0.3) is 16.8 Å². The second kappa shape index (κ2) is 10.5. The number of methoxy groups -OCH3 is 3. The second-order valence-corrected chi connectivity index (χ2v) is 8.17. The van der Waals surface area contributed by atoms with Crippen molar-refractivity contribution in [2.45, 2.75) is 32.8 Å². The molecule has 2 atom stereocenters. The molecule has 0 bridgehead atoms. The highest BCUT2D eigenvalue weighted by Gasteiger charge is 2.20. The molecule has 0 N–H and O–H groups in total. The summed E-state index contributed by atoms with van der Waals surface area (Å²) in [7, 11) is 4.47. The summed E-state index contributed by atoms with van der Waals surface area (Å²) in [6.45, 7) is 6.19. The Morgan fingerprint density at radius 3 is 2.39 bits per heavy atom. The summed E-state index contributed by atoms with van der Waals surface area (Å²) in [4.78, 5) is 20.8. The number of nitrogens with zero attached hydrogens (tertiary/aromatic N) is 2. The molecular weight excluding hydrogens is 396 g/mol. The molecule has 0 aromatic carbocycles. The number of ether oxygens (including phenoxy) is 3. The molecule has 0 aliphatic heterocycles. The minimum atomic E-state index is -0.462. The van der Waals surface area contributed by atoms with Gasteiger partial charge in [0.1, 0.15) is 16.5 Å². The van der Waals surface area contributed by atoms with E-state index in [0.717, 1.165) is 21.4 Å². The predicted octanol–water partition coefficient (Wildman–Crippen LogP) is 4.76. The van der Waals surface area contributed by atoms with Crippen molar-refractivity contribution in [3.8, 4) is 10.7 Å². The number of rotatable bonds is 9. The lowest BCUT2D eigenvalue weighted by molar-refractivity contribution is -0.135. The van der Waals surface area contributed by atoms with Gasteiger partial charge < -0.3 is 14.2 Å². The molecule has 2 heterocycles. The lowest BCUT2D eigenvalue weighted by atomic mass is 10.0. The van der Waals surface area contributed by atoms with E-state index >= 15 is 0 Å². The first-order valence-electron chi connectivity index (χ1n) is 8.85. The standard InChI is InChI=1S/C20H26N2O4S2/c1-12(2)19-22-15(11-28-19)20-21-14(10-27-20)7-8-16(24-4)13(3)17(25-5)9-18(23)26-6/h7-13,16H,1-6H3/b8-7+,17-9+/t13-,16+/m1/s1. The molecule has 0 saturated carbocycles. The van der Waals surface area contributed by atoms with Crippen LogP contribution in [0, 0.1) is 5.92 Å². The fourth-order valence-corrected chi connectivity index (χ4v) is 4.13. The van der Waals surface area contributed by atoms with Crippen LogP contribution >= 0.6 is 22.7 Å². The minimum Gasteiger partial charge on any atom is -0.500 e. The van der Waals surface area contributed by atoms with E-state index in [1.165, 1.54) is 20.3 Å². The molecule has 2 aromatic heterocycles. The highest BCUT2D eigenvalue weighted by molar-refractivity contribution is 7.14. The minimum absolute atomic E-state index is 0.171. The molecule has 0 saturated heterocycles. The Labute approximate surface area is 173 Å². The first-order valence-corrected chi connectivity index (χ1v) is 10.6. The summed E-state index contributed by atoms with van der Waals surface area (Å²) in [5, 5.41) is 6.04. The third-order valence-corrected chi connectivity index (χ3v) is 6.15. The predicted molar refractivity (Wildman–Crippen MR) is 113 cm³/mol. The zero-order valence-corrected chi connectivity index (χ0v) is 18.6. The van der Waals surface area contributed by atoms with Crippen molar-refractivity contribution < 1.29 is 19.0 Å². The quantitative estimate of drug-likeness (QED) is 0.330. The largest absolute Gasteiger partial charge is 0.500 e. The van der Waals surface area contributed by atoms with E-state index in [-0.39, 0.29) is 12.0 Å². The van der Waals surface area contributed by atoms with Crippen LogP contribution in [0.15, 0.2) is 28.7 Å². The Balaban J connectivity index is 2.13. The molecule has 0 spiro atoms. The summed E-state index contributed by atoms with van der Waals surface area (Å²) >= 11 is 3.22. The van der Waals surface area contributed by atoms with Gasteiger partial charge in [0.15, 0.2) is 0 Å². The van der Waals surface area contributed by atoms with Crippen molar-refractivity contribution in [1.82, 2.24) is 9.97 Å². The molecular formula is C20H26N2O4S2. The zero-order chi connectivity index (χ0) is 20.7. The Morgan fingerprint density at radius 2 is 1.82 bits per heavy atom. The van der Waals surface area contributed by atoms with Crippen LogP contribution < -0.4 is 0 Å². The molecule has 0 unspecified atom stereocenters. The van der Waals surface area contributed by atoms with Crippen LogP contribution in [-0.4, -0.2) is 43.4 Å². The summed E-state index contributed by atoms with van der Waals surface area (Å²) < 4.78 is 15.6. The van der Waals surface area contributed by atoms with Crippen LogP contribution in [0.3, 0.4) is 0 Å².